The molecule has 0 aliphatic rings. The van der Waals surface area contributed by atoms with Gasteiger partial charge in [-0.1, -0.05) is 19.9 Å². The highest BCUT2D eigenvalue weighted by Crippen LogP contribution is 2.26. The molecule has 0 saturated carbocycles. The van der Waals surface area contributed by atoms with Gasteiger partial charge in [-0.2, -0.15) is 10.2 Å². The van der Waals surface area contributed by atoms with Crippen molar-refractivity contribution in [3.05, 3.63) is 57.8 Å². The highest BCUT2D eigenvalue weighted by Gasteiger charge is 2.20. The molecule has 0 bridgehead atoms. The van der Waals surface area contributed by atoms with Crippen LogP contribution in [-0.4, -0.2) is 40.4 Å². The van der Waals surface area contributed by atoms with E-state index >= 15 is 0 Å². The minimum absolute atomic E-state index is 0.136. The third-order valence-corrected chi connectivity index (χ3v) is 6.29. The van der Waals surface area contributed by atoms with E-state index in [1.165, 1.54) is 11.3 Å². The number of fused-ring (bicyclic) bond motifs is 1. The van der Waals surface area contributed by atoms with Gasteiger partial charge in [0.25, 0.3) is 5.91 Å². The van der Waals surface area contributed by atoms with E-state index in [2.05, 4.69) is 46.0 Å². The van der Waals surface area contributed by atoms with Gasteiger partial charge in [0.15, 0.2) is 15.5 Å². The summed E-state index contributed by atoms with van der Waals surface area (Å²) in [5.41, 5.74) is 2.90. The molecule has 0 aliphatic carbocycles. The Labute approximate surface area is 200 Å². The van der Waals surface area contributed by atoms with Crippen LogP contribution in [0.25, 0.3) is 11.0 Å². The fourth-order valence-corrected chi connectivity index (χ4v) is 4.40. The first-order valence-electron chi connectivity index (χ1n) is 10.7. The van der Waals surface area contributed by atoms with E-state index in [1.807, 2.05) is 34.5 Å². The van der Waals surface area contributed by atoms with Gasteiger partial charge in [0.05, 0.1) is 29.3 Å². The summed E-state index contributed by atoms with van der Waals surface area (Å²) in [6.07, 6.45) is 3.96. The van der Waals surface area contributed by atoms with Crippen LogP contribution >= 0.6 is 23.6 Å². The number of nitrogens with one attached hydrogen (secondary N) is 2. The zero-order valence-corrected chi connectivity index (χ0v) is 20.6. The minimum atomic E-state index is -0.233. The summed E-state index contributed by atoms with van der Waals surface area (Å²) in [6.45, 7) is 12.5. The van der Waals surface area contributed by atoms with Crippen molar-refractivity contribution >= 4 is 45.6 Å². The van der Waals surface area contributed by atoms with E-state index in [4.69, 9.17) is 17.2 Å². The molecule has 0 radical (unpaired) electrons. The maximum absolute atomic E-state index is 13.2. The second kappa shape index (κ2) is 9.36. The summed E-state index contributed by atoms with van der Waals surface area (Å²) >= 11 is 6.64. The van der Waals surface area contributed by atoms with Gasteiger partial charge in [-0.25, -0.2) is 14.6 Å². The molecule has 4 aromatic heterocycles. The maximum atomic E-state index is 13.2. The van der Waals surface area contributed by atoms with E-state index in [9.17, 15) is 4.79 Å². The molecule has 33 heavy (non-hydrogen) atoms. The first-order valence-corrected chi connectivity index (χ1v) is 12.0. The van der Waals surface area contributed by atoms with Crippen LogP contribution in [0.2, 0.25) is 0 Å². The zero-order valence-electron chi connectivity index (χ0n) is 19.0. The number of amides is 1. The molecule has 172 valence electrons. The molecule has 4 aromatic rings. The molecule has 0 unspecified atom stereocenters. The van der Waals surface area contributed by atoms with Gasteiger partial charge >= 0.3 is 0 Å². The second-order valence-corrected chi connectivity index (χ2v) is 9.53. The Kier molecular flexibility index (Phi) is 6.52. The van der Waals surface area contributed by atoms with Crippen molar-refractivity contribution in [2.45, 2.75) is 52.6 Å². The topological polar surface area (TPSA) is 106 Å². The van der Waals surface area contributed by atoms with Crippen molar-refractivity contribution in [1.82, 2.24) is 34.5 Å². The molecule has 0 atom stereocenters. The van der Waals surface area contributed by atoms with Gasteiger partial charge in [-0.05, 0) is 38.0 Å². The Balaban J connectivity index is 1.60. The largest absolute Gasteiger partial charge is 0.300 e. The summed E-state index contributed by atoms with van der Waals surface area (Å²) in [6, 6.07) is 1.98. The zero-order chi connectivity index (χ0) is 23.7. The lowest BCUT2D eigenvalue weighted by molar-refractivity contribution is 0.102. The predicted molar refractivity (Wildman–Crippen MR) is 132 cm³/mol. The highest BCUT2D eigenvalue weighted by atomic mass is 32.1. The van der Waals surface area contributed by atoms with Crippen LogP contribution in [0.15, 0.2) is 30.3 Å². The normalized spacial score (nSPS) is 11.6. The molecular formula is C22H26N8OS2. The fraction of sp³-hybridized carbons (Fsp3) is 0.364. The number of aromatic nitrogens is 7. The molecule has 1 amide bonds. The number of H-pyrrole nitrogens is 1. The van der Waals surface area contributed by atoms with Gasteiger partial charge in [-0.3, -0.25) is 19.8 Å². The molecule has 9 nitrogen and oxygen atoms in total. The minimum Gasteiger partial charge on any atom is -0.300 e. The molecule has 2 N–H and O–H groups in total. The number of hydrogen-bond acceptors (Lipinski definition) is 7. The van der Waals surface area contributed by atoms with Crippen molar-refractivity contribution in [3.63, 3.8) is 0 Å². The summed E-state index contributed by atoms with van der Waals surface area (Å²) in [7, 11) is 0. The smallest absolute Gasteiger partial charge is 0.258 e. The first-order chi connectivity index (χ1) is 15.8. The molecule has 4 heterocycles. The van der Waals surface area contributed by atoms with E-state index in [1.54, 1.807) is 12.3 Å². The van der Waals surface area contributed by atoms with Crippen molar-refractivity contribution in [2.75, 3.05) is 5.32 Å². The number of anilines is 1. The van der Waals surface area contributed by atoms with Crippen LogP contribution < -0.4 is 5.32 Å². The number of hydrogen-bond donors (Lipinski definition) is 2. The van der Waals surface area contributed by atoms with Crippen molar-refractivity contribution in [1.29, 1.82) is 0 Å². The Bertz CT molecular complexity index is 1370. The fourth-order valence-electron chi connectivity index (χ4n) is 3.47. The van der Waals surface area contributed by atoms with Crippen LogP contribution in [0.1, 0.15) is 67.2 Å². The van der Waals surface area contributed by atoms with Crippen molar-refractivity contribution < 1.29 is 4.79 Å². The van der Waals surface area contributed by atoms with Gasteiger partial charge in [0, 0.05) is 23.7 Å². The number of rotatable bonds is 8. The Morgan fingerprint density at radius 3 is 2.82 bits per heavy atom. The number of pyridine rings is 1. The monoisotopic (exact) mass is 482 g/mol. The molecule has 0 saturated heterocycles. The molecule has 0 fully saturated rings. The van der Waals surface area contributed by atoms with Gasteiger partial charge in [-0.15, -0.1) is 17.9 Å². The average Bonchev–Trinajstić information content (AvgIpc) is 3.48. The van der Waals surface area contributed by atoms with Gasteiger partial charge in [0.1, 0.15) is 5.82 Å². The number of allylic oxidation sites excluding steroid dienone is 1. The average molecular weight is 483 g/mol. The van der Waals surface area contributed by atoms with E-state index in [0.29, 0.717) is 34.1 Å². The molecule has 4 rings (SSSR count). The lowest BCUT2D eigenvalue weighted by Crippen LogP contribution is -2.14. The highest BCUT2D eigenvalue weighted by molar-refractivity contribution is 7.71. The third kappa shape index (κ3) is 4.64. The second-order valence-electron chi connectivity index (χ2n) is 8.29. The number of aromatic amines is 1. The summed E-state index contributed by atoms with van der Waals surface area (Å²) in [4.78, 5) is 22.6. The molecule has 0 aromatic carbocycles. The Hall–Kier alpha value is -3.18. The van der Waals surface area contributed by atoms with Crippen LogP contribution in [0.4, 0.5) is 5.13 Å². The number of carbonyl (C=O) groups is 1. The summed E-state index contributed by atoms with van der Waals surface area (Å²) in [5.74, 6) is 0.706. The predicted octanol–water partition coefficient (Wildman–Crippen LogP) is 4.88. The SMILES string of the molecule is C=CCn1c(Cc2csc(NC(=O)c3cc(C(C)C)nc4c3cnn4C(C)C)n2)n[nH]c1=S. The summed E-state index contributed by atoms with van der Waals surface area (Å²) in [5, 5.41) is 17.6. The third-order valence-electron chi connectivity index (χ3n) is 5.17. The number of nitrogens with zero attached hydrogens (tertiary/aromatic N) is 6. The Morgan fingerprint density at radius 2 is 2.12 bits per heavy atom. The molecule has 0 aliphatic heterocycles. The maximum Gasteiger partial charge on any atom is 0.258 e. The number of thiazole rings is 1. The quantitative estimate of drug-likeness (QED) is 0.274. The Morgan fingerprint density at radius 1 is 1.33 bits per heavy atom. The van der Waals surface area contributed by atoms with Gasteiger partial charge in [0.2, 0.25) is 0 Å². The van der Waals surface area contributed by atoms with Crippen molar-refractivity contribution in [3.8, 4) is 0 Å². The van der Waals surface area contributed by atoms with Crippen LogP contribution in [0.3, 0.4) is 0 Å². The summed E-state index contributed by atoms with van der Waals surface area (Å²) < 4.78 is 4.25. The molecular weight excluding hydrogens is 456 g/mol. The number of carbonyl (C=O) groups excluding carboxylic acids is 1. The van der Waals surface area contributed by atoms with Gasteiger partial charge < -0.3 is 0 Å². The molecule has 0 spiro atoms. The van der Waals surface area contributed by atoms with Crippen molar-refractivity contribution in [2.24, 2.45) is 0 Å². The first kappa shape index (κ1) is 23.0. The van der Waals surface area contributed by atoms with E-state index < -0.39 is 0 Å². The van der Waals surface area contributed by atoms with E-state index in [0.717, 1.165) is 22.6 Å². The molecule has 11 heteroatoms. The van der Waals surface area contributed by atoms with Crippen LogP contribution in [0, 0.1) is 4.77 Å². The van der Waals surface area contributed by atoms with Crippen LogP contribution in [0.5, 0.6) is 0 Å². The standard InChI is InChI=1S/C22H26N8OS2/c1-6-7-29-18(27-28-22(29)32)8-14-11-33-21(24-14)26-20(31)15-9-17(12(2)3)25-19-16(15)10-23-30(19)13(4)5/h6,9-13H,1,7-8H2,2-5H3,(H,28,32)(H,24,26,31). The lowest BCUT2D eigenvalue weighted by atomic mass is 10.0. The lowest BCUT2D eigenvalue weighted by Gasteiger charge is -2.11. The van der Waals surface area contributed by atoms with Crippen LogP contribution in [-0.2, 0) is 13.0 Å². The van der Waals surface area contributed by atoms with E-state index in [-0.39, 0.29) is 17.9 Å².